The molecule has 1 aromatic heterocycles. The monoisotopic (exact) mass is 338 g/mol. The third kappa shape index (κ3) is 2.65. The Kier molecular flexibility index (Phi) is 4.34. The average molecular weight is 339 g/mol. The SMILES string of the molecule is COc1cc(-c2cc(Br)cnc2N)cc(OC)c1OC. The fraction of sp³-hybridized carbons (Fsp3) is 0.214. The summed E-state index contributed by atoms with van der Waals surface area (Å²) in [5.74, 6) is 2.12. The van der Waals surface area contributed by atoms with Crippen molar-refractivity contribution in [2.24, 2.45) is 0 Å². The van der Waals surface area contributed by atoms with Crippen LogP contribution in [0.1, 0.15) is 0 Å². The lowest BCUT2D eigenvalue weighted by atomic mass is 10.1. The van der Waals surface area contributed by atoms with Gasteiger partial charge >= 0.3 is 0 Å². The Morgan fingerprint density at radius 1 is 1.00 bits per heavy atom. The van der Waals surface area contributed by atoms with E-state index in [4.69, 9.17) is 19.9 Å². The van der Waals surface area contributed by atoms with E-state index in [-0.39, 0.29) is 0 Å². The Hall–Kier alpha value is -1.95. The van der Waals surface area contributed by atoms with Gasteiger partial charge in [-0.2, -0.15) is 0 Å². The van der Waals surface area contributed by atoms with Crippen molar-refractivity contribution in [1.82, 2.24) is 4.98 Å². The summed E-state index contributed by atoms with van der Waals surface area (Å²) < 4.78 is 16.8. The molecule has 106 valence electrons. The van der Waals surface area contributed by atoms with Crippen molar-refractivity contribution in [2.75, 3.05) is 27.1 Å². The van der Waals surface area contributed by atoms with E-state index in [2.05, 4.69) is 20.9 Å². The molecule has 1 aromatic carbocycles. The number of nitrogens with two attached hydrogens (primary N) is 1. The van der Waals surface area contributed by atoms with Crippen molar-refractivity contribution in [3.8, 4) is 28.4 Å². The van der Waals surface area contributed by atoms with Gasteiger partial charge in [0.25, 0.3) is 0 Å². The van der Waals surface area contributed by atoms with Gasteiger partial charge in [0, 0.05) is 16.2 Å². The molecule has 2 N–H and O–H groups in total. The number of rotatable bonds is 4. The van der Waals surface area contributed by atoms with Gasteiger partial charge in [0.1, 0.15) is 5.82 Å². The minimum Gasteiger partial charge on any atom is -0.493 e. The van der Waals surface area contributed by atoms with Crippen molar-refractivity contribution >= 4 is 21.7 Å². The number of nitrogen functional groups attached to an aromatic ring is 1. The van der Waals surface area contributed by atoms with E-state index in [0.717, 1.165) is 15.6 Å². The molecule has 0 radical (unpaired) electrons. The van der Waals surface area contributed by atoms with E-state index in [1.165, 1.54) is 0 Å². The van der Waals surface area contributed by atoms with E-state index >= 15 is 0 Å². The standard InChI is InChI=1S/C14H15BrN2O3/c1-18-11-4-8(5-12(19-2)13(11)20-3)10-6-9(15)7-17-14(10)16/h4-7H,1-3H3,(H2,16,17). The third-order valence-corrected chi connectivity index (χ3v) is 3.29. The average Bonchev–Trinajstić information content (AvgIpc) is 2.48. The first-order valence-electron chi connectivity index (χ1n) is 5.82. The topological polar surface area (TPSA) is 66.6 Å². The zero-order valence-electron chi connectivity index (χ0n) is 11.4. The molecule has 0 saturated carbocycles. The molecule has 0 amide bonds. The van der Waals surface area contributed by atoms with E-state index in [1.807, 2.05) is 18.2 Å². The van der Waals surface area contributed by atoms with Crippen LogP contribution in [0, 0.1) is 0 Å². The molecule has 6 heteroatoms. The van der Waals surface area contributed by atoms with Crippen LogP contribution in [0.25, 0.3) is 11.1 Å². The highest BCUT2D eigenvalue weighted by Crippen LogP contribution is 2.42. The maximum atomic E-state index is 5.93. The number of hydrogen-bond acceptors (Lipinski definition) is 5. The molecule has 2 aromatic rings. The molecule has 0 saturated heterocycles. The number of aromatic nitrogens is 1. The lowest BCUT2D eigenvalue weighted by molar-refractivity contribution is 0.324. The third-order valence-electron chi connectivity index (χ3n) is 2.86. The molecule has 0 atom stereocenters. The second-order valence-corrected chi connectivity index (χ2v) is 4.92. The number of halogens is 1. The van der Waals surface area contributed by atoms with Gasteiger partial charge in [-0.25, -0.2) is 4.98 Å². The zero-order chi connectivity index (χ0) is 14.7. The Morgan fingerprint density at radius 3 is 2.10 bits per heavy atom. The van der Waals surface area contributed by atoms with Crippen molar-refractivity contribution in [1.29, 1.82) is 0 Å². The Balaban J connectivity index is 2.65. The summed E-state index contributed by atoms with van der Waals surface area (Å²) in [5, 5.41) is 0. The van der Waals surface area contributed by atoms with Crippen LogP contribution in [0.4, 0.5) is 5.82 Å². The van der Waals surface area contributed by atoms with Crippen LogP contribution in [0.2, 0.25) is 0 Å². The molecular formula is C14H15BrN2O3. The smallest absolute Gasteiger partial charge is 0.203 e. The summed E-state index contributed by atoms with van der Waals surface area (Å²) in [4.78, 5) is 4.13. The maximum absolute atomic E-state index is 5.93. The number of anilines is 1. The van der Waals surface area contributed by atoms with Gasteiger partial charge in [-0.3, -0.25) is 0 Å². The number of benzene rings is 1. The van der Waals surface area contributed by atoms with E-state index in [9.17, 15) is 0 Å². The predicted octanol–water partition coefficient (Wildman–Crippen LogP) is 3.12. The summed E-state index contributed by atoms with van der Waals surface area (Å²) in [5.41, 5.74) is 7.56. The van der Waals surface area contributed by atoms with Gasteiger partial charge in [-0.1, -0.05) is 0 Å². The first-order valence-corrected chi connectivity index (χ1v) is 6.61. The van der Waals surface area contributed by atoms with Gasteiger partial charge in [-0.05, 0) is 39.7 Å². The number of nitrogens with zero attached hydrogens (tertiary/aromatic N) is 1. The van der Waals surface area contributed by atoms with Crippen molar-refractivity contribution < 1.29 is 14.2 Å². The number of hydrogen-bond donors (Lipinski definition) is 1. The number of ether oxygens (including phenoxy) is 3. The molecule has 0 bridgehead atoms. The van der Waals surface area contributed by atoms with Crippen LogP contribution in [-0.2, 0) is 0 Å². The van der Waals surface area contributed by atoms with Crippen LogP contribution >= 0.6 is 15.9 Å². The summed E-state index contributed by atoms with van der Waals surface area (Å²) in [6, 6.07) is 5.56. The zero-order valence-corrected chi connectivity index (χ0v) is 13.0. The largest absolute Gasteiger partial charge is 0.493 e. The fourth-order valence-corrected chi connectivity index (χ4v) is 2.25. The molecule has 0 unspecified atom stereocenters. The number of pyridine rings is 1. The van der Waals surface area contributed by atoms with E-state index in [0.29, 0.717) is 23.1 Å². The molecule has 1 heterocycles. The van der Waals surface area contributed by atoms with Gasteiger partial charge in [0.2, 0.25) is 5.75 Å². The van der Waals surface area contributed by atoms with Crippen LogP contribution < -0.4 is 19.9 Å². The van der Waals surface area contributed by atoms with Crippen molar-refractivity contribution in [2.45, 2.75) is 0 Å². The molecule has 2 rings (SSSR count). The normalized spacial score (nSPS) is 10.2. The lowest BCUT2D eigenvalue weighted by Gasteiger charge is -2.15. The molecule has 0 fully saturated rings. The van der Waals surface area contributed by atoms with Crippen molar-refractivity contribution in [3.63, 3.8) is 0 Å². The molecule has 0 spiro atoms. The van der Waals surface area contributed by atoms with Crippen LogP contribution in [-0.4, -0.2) is 26.3 Å². The summed E-state index contributed by atoms with van der Waals surface area (Å²) in [6.07, 6.45) is 1.65. The molecule has 0 aliphatic heterocycles. The molecular weight excluding hydrogens is 324 g/mol. The summed E-state index contributed by atoms with van der Waals surface area (Å²) in [7, 11) is 4.71. The van der Waals surface area contributed by atoms with Crippen molar-refractivity contribution in [3.05, 3.63) is 28.9 Å². The quantitative estimate of drug-likeness (QED) is 0.927. The van der Waals surface area contributed by atoms with E-state index in [1.54, 1.807) is 27.5 Å². The van der Waals surface area contributed by atoms with Gasteiger partial charge < -0.3 is 19.9 Å². The van der Waals surface area contributed by atoms with Crippen LogP contribution in [0.15, 0.2) is 28.9 Å². The van der Waals surface area contributed by atoms with E-state index < -0.39 is 0 Å². The first kappa shape index (κ1) is 14.5. The second-order valence-electron chi connectivity index (χ2n) is 4.00. The van der Waals surface area contributed by atoms with Gasteiger partial charge in [0.05, 0.1) is 21.3 Å². The van der Waals surface area contributed by atoms with Gasteiger partial charge in [0.15, 0.2) is 11.5 Å². The predicted molar refractivity (Wildman–Crippen MR) is 81.4 cm³/mol. The molecule has 20 heavy (non-hydrogen) atoms. The molecule has 0 aliphatic rings. The highest BCUT2D eigenvalue weighted by Gasteiger charge is 2.15. The minimum absolute atomic E-state index is 0.433. The summed E-state index contributed by atoms with van der Waals surface area (Å²) in [6.45, 7) is 0. The van der Waals surface area contributed by atoms with Gasteiger partial charge in [-0.15, -0.1) is 0 Å². The van der Waals surface area contributed by atoms with Crippen LogP contribution in [0.5, 0.6) is 17.2 Å². The fourth-order valence-electron chi connectivity index (χ4n) is 1.92. The highest BCUT2D eigenvalue weighted by molar-refractivity contribution is 9.10. The minimum atomic E-state index is 0.433. The maximum Gasteiger partial charge on any atom is 0.203 e. The first-order chi connectivity index (χ1) is 9.60. The Labute approximate surface area is 125 Å². The Morgan fingerprint density at radius 2 is 1.60 bits per heavy atom. The number of methoxy groups -OCH3 is 3. The Bertz CT molecular complexity index is 607. The second kappa shape index (κ2) is 6.00. The molecule has 0 aliphatic carbocycles. The highest BCUT2D eigenvalue weighted by atomic mass is 79.9. The van der Waals surface area contributed by atoms with Crippen LogP contribution in [0.3, 0.4) is 0 Å². The molecule has 5 nitrogen and oxygen atoms in total. The lowest BCUT2D eigenvalue weighted by Crippen LogP contribution is -1.98. The summed E-state index contributed by atoms with van der Waals surface area (Å²) >= 11 is 3.39.